The second-order valence-electron chi connectivity index (χ2n) is 3.57. The molecule has 0 bridgehead atoms. The largest absolute Gasteiger partial charge is 0.383 e. The highest BCUT2D eigenvalue weighted by molar-refractivity contribution is 7.09. The van der Waals surface area contributed by atoms with Crippen molar-refractivity contribution in [1.29, 1.82) is 0 Å². The Morgan fingerprint density at radius 2 is 2.00 bits per heavy atom. The SMILES string of the molecule is Clc1ccc(NCCOCc2cccs2)cc1. The van der Waals surface area contributed by atoms with Crippen molar-refractivity contribution < 1.29 is 4.74 Å². The fourth-order valence-corrected chi connectivity index (χ4v) is 2.17. The quantitative estimate of drug-likeness (QED) is 0.798. The first kappa shape index (κ1) is 12.4. The molecule has 0 aliphatic carbocycles. The first-order chi connectivity index (χ1) is 8.34. The molecule has 1 heterocycles. The molecule has 2 nitrogen and oxygen atoms in total. The zero-order valence-electron chi connectivity index (χ0n) is 9.36. The average Bonchev–Trinajstić information content (AvgIpc) is 2.84. The molecule has 1 N–H and O–H groups in total. The third-order valence-corrected chi connectivity index (χ3v) is 3.35. The van der Waals surface area contributed by atoms with Crippen molar-refractivity contribution in [2.75, 3.05) is 18.5 Å². The van der Waals surface area contributed by atoms with E-state index in [0.29, 0.717) is 13.2 Å². The number of rotatable bonds is 6. The van der Waals surface area contributed by atoms with Crippen LogP contribution in [0.5, 0.6) is 0 Å². The molecular weight excluding hydrogens is 254 g/mol. The Kier molecular flexibility index (Phi) is 4.86. The first-order valence-corrected chi connectivity index (χ1v) is 6.70. The molecule has 0 spiro atoms. The molecule has 0 atom stereocenters. The summed E-state index contributed by atoms with van der Waals surface area (Å²) in [5.74, 6) is 0. The lowest BCUT2D eigenvalue weighted by Crippen LogP contribution is -2.08. The van der Waals surface area contributed by atoms with E-state index in [1.54, 1.807) is 11.3 Å². The Morgan fingerprint density at radius 3 is 2.71 bits per heavy atom. The van der Waals surface area contributed by atoms with Gasteiger partial charge in [0.1, 0.15) is 0 Å². The number of anilines is 1. The summed E-state index contributed by atoms with van der Waals surface area (Å²) in [5.41, 5.74) is 1.06. The number of hydrogen-bond acceptors (Lipinski definition) is 3. The van der Waals surface area contributed by atoms with Crippen molar-refractivity contribution in [3.8, 4) is 0 Å². The van der Waals surface area contributed by atoms with Crippen molar-refractivity contribution in [3.63, 3.8) is 0 Å². The summed E-state index contributed by atoms with van der Waals surface area (Å²) in [6.45, 7) is 2.19. The summed E-state index contributed by atoms with van der Waals surface area (Å²) in [6, 6.07) is 11.8. The number of ether oxygens (including phenoxy) is 1. The van der Waals surface area contributed by atoms with Crippen LogP contribution in [0.3, 0.4) is 0 Å². The highest BCUT2D eigenvalue weighted by atomic mass is 35.5. The van der Waals surface area contributed by atoms with Crippen LogP contribution in [-0.4, -0.2) is 13.2 Å². The van der Waals surface area contributed by atoms with E-state index in [4.69, 9.17) is 16.3 Å². The van der Waals surface area contributed by atoms with Crippen LogP contribution in [0.1, 0.15) is 4.88 Å². The van der Waals surface area contributed by atoms with Gasteiger partial charge in [-0.05, 0) is 35.7 Å². The van der Waals surface area contributed by atoms with Crippen molar-refractivity contribution in [1.82, 2.24) is 0 Å². The summed E-state index contributed by atoms with van der Waals surface area (Å²) in [7, 11) is 0. The lowest BCUT2D eigenvalue weighted by atomic mass is 10.3. The van der Waals surface area contributed by atoms with Crippen LogP contribution >= 0.6 is 22.9 Å². The predicted molar refractivity (Wildman–Crippen MR) is 73.9 cm³/mol. The minimum Gasteiger partial charge on any atom is -0.383 e. The average molecular weight is 268 g/mol. The molecule has 2 aromatic rings. The summed E-state index contributed by atoms with van der Waals surface area (Å²) in [4.78, 5) is 1.26. The van der Waals surface area contributed by atoms with Crippen molar-refractivity contribution >= 4 is 28.6 Å². The second kappa shape index (κ2) is 6.64. The first-order valence-electron chi connectivity index (χ1n) is 5.44. The molecule has 0 unspecified atom stereocenters. The summed E-state index contributed by atoms with van der Waals surface area (Å²) < 4.78 is 5.55. The van der Waals surface area contributed by atoms with Crippen molar-refractivity contribution in [3.05, 3.63) is 51.7 Å². The fraction of sp³-hybridized carbons (Fsp3) is 0.231. The van der Waals surface area contributed by atoms with Crippen molar-refractivity contribution in [2.24, 2.45) is 0 Å². The summed E-state index contributed by atoms with van der Waals surface area (Å²) in [5, 5.41) is 6.09. The summed E-state index contributed by atoms with van der Waals surface area (Å²) in [6.07, 6.45) is 0. The maximum absolute atomic E-state index is 5.80. The zero-order chi connectivity index (χ0) is 11.9. The molecule has 0 radical (unpaired) electrons. The van der Waals surface area contributed by atoms with Crippen LogP contribution in [-0.2, 0) is 11.3 Å². The highest BCUT2D eigenvalue weighted by Gasteiger charge is 1.94. The van der Waals surface area contributed by atoms with Crippen LogP contribution in [0, 0.1) is 0 Å². The third kappa shape index (κ3) is 4.38. The number of nitrogens with one attached hydrogen (secondary N) is 1. The Hall–Kier alpha value is -1.03. The monoisotopic (exact) mass is 267 g/mol. The lowest BCUT2D eigenvalue weighted by Gasteiger charge is -2.06. The van der Waals surface area contributed by atoms with E-state index < -0.39 is 0 Å². The predicted octanol–water partition coefficient (Wildman–Crippen LogP) is 4.03. The summed E-state index contributed by atoms with van der Waals surface area (Å²) >= 11 is 7.52. The minimum absolute atomic E-state index is 0.694. The number of hydrogen-bond donors (Lipinski definition) is 1. The van der Waals surface area contributed by atoms with Gasteiger partial charge in [0.25, 0.3) is 0 Å². The highest BCUT2D eigenvalue weighted by Crippen LogP contribution is 2.13. The normalized spacial score (nSPS) is 10.4. The Labute approximate surface area is 110 Å². The molecular formula is C13H14ClNOS. The minimum atomic E-state index is 0.694. The van der Waals surface area contributed by atoms with Gasteiger partial charge in [0.2, 0.25) is 0 Å². The van der Waals surface area contributed by atoms with E-state index in [1.165, 1.54) is 4.88 Å². The third-order valence-electron chi connectivity index (χ3n) is 2.24. The number of halogens is 1. The van der Waals surface area contributed by atoms with Gasteiger partial charge < -0.3 is 10.1 Å². The zero-order valence-corrected chi connectivity index (χ0v) is 10.9. The van der Waals surface area contributed by atoms with Crippen LogP contribution in [0.15, 0.2) is 41.8 Å². The Bertz CT molecular complexity index is 427. The molecule has 90 valence electrons. The maximum atomic E-state index is 5.80. The van der Waals surface area contributed by atoms with E-state index in [2.05, 4.69) is 16.8 Å². The van der Waals surface area contributed by atoms with Gasteiger partial charge in [0.05, 0.1) is 13.2 Å². The second-order valence-corrected chi connectivity index (χ2v) is 5.03. The molecule has 0 aliphatic rings. The number of benzene rings is 1. The smallest absolute Gasteiger partial charge is 0.0810 e. The van der Waals surface area contributed by atoms with Crippen LogP contribution in [0.25, 0.3) is 0 Å². The van der Waals surface area contributed by atoms with E-state index in [-0.39, 0.29) is 0 Å². The van der Waals surface area contributed by atoms with E-state index in [1.807, 2.05) is 30.3 Å². The van der Waals surface area contributed by atoms with E-state index in [9.17, 15) is 0 Å². The molecule has 0 saturated carbocycles. The number of thiophene rings is 1. The topological polar surface area (TPSA) is 21.3 Å². The van der Waals surface area contributed by atoms with Gasteiger partial charge in [-0.25, -0.2) is 0 Å². The van der Waals surface area contributed by atoms with Gasteiger partial charge >= 0.3 is 0 Å². The molecule has 0 aliphatic heterocycles. The Morgan fingerprint density at radius 1 is 1.18 bits per heavy atom. The maximum Gasteiger partial charge on any atom is 0.0810 e. The van der Waals surface area contributed by atoms with Gasteiger partial charge in [0.15, 0.2) is 0 Å². The van der Waals surface area contributed by atoms with Gasteiger partial charge in [-0.1, -0.05) is 17.7 Å². The molecule has 2 rings (SSSR count). The molecule has 0 fully saturated rings. The van der Waals surface area contributed by atoms with Crippen molar-refractivity contribution in [2.45, 2.75) is 6.61 Å². The van der Waals surface area contributed by atoms with E-state index >= 15 is 0 Å². The van der Waals surface area contributed by atoms with E-state index in [0.717, 1.165) is 17.3 Å². The lowest BCUT2D eigenvalue weighted by molar-refractivity contribution is 0.132. The molecule has 0 amide bonds. The molecule has 0 saturated heterocycles. The molecule has 4 heteroatoms. The van der Waals surface area contributed by atoms with Gasteiger partial charge in [-0.2, -0.15) is 0 Å². The van der Waals surface area contributed by atoms with Gasteiger partial charge in [-0.3, -0.25) is 0 Å². The molecule has 17 heavy (non-hydrogen) atoms. The standard InChI is InChI=1S/C13H14ClNOS/c14-11-3-5-12(6-4-11)15-7-8-16-10-13-2-1-9-17-13/h1-6,9,15H,7-8,10H2. The molecule has 1 aromatic carbocycles. The van der Waals surface area contributed by atoms with Crippen LogP contribution < -0.4 is 5.32 Å². The molecule has 1 aromatic heterocycles. The fourth-order valence-electron chi connectivity index (χ4n) is 1.40. The van der Waals surface area contributed by atoms with Gasteiger partial charge in [0, 0.05) is 22.1 Å². The van der Waals surface area contributed by atoms with Gasteiger partial charge in [-0.15, -0.1) is 11.3 Å². The Balaban J connectivity index is 1.61. The van der Waals surface area contributed by atoms with Crippen LogP contribution in [0.2, 0.25) is 5.02 Å². The van der Waals surface area contributed by atoms with Crippen LogP contribution in [0.4, 0.5) is 5.69 Å².